The van der Waals surface area contributed by atoms with Gasteiger partial charge in [-0.3, -0.25) is 4.79 Å². The second-order valence-electron chi connectivity index (χ2n) is 5.72. The Labute approximate surface area is 124 Å². The number of amides is 3. The first-order valence-corrected chi connectivity index (χ1v) is 7.43. The number of nitrogens with one attached hydrogen (secondary N) is 2. The topological polar surface area (TPSA) is 122 Å². The molecule has 0 radical (unpaired) electrons. The Hall–Kier alpha value is -1.79. The number of nitrogens with two attached hydrogens (primary N) is 1. The average molecular weight is 299 g/mol. The van der Waals surface area contributed by atoms with Gasteiger partial charge in [-0.2, -0.15) is 0 Å². The van der Waals surface area contributed by atoms with Crippen molar-refractivity contribution in [3.8, 4) is 0 Å². The summed E-state index contributed by atoms with van der Waals surface area (Å²) in [5.74, 6) is -0.772. The fourth-order valence-electron chi connectivity index (χ4n) is 2.94. The smallest absolute Gasteiger partial charge is 0.326 e. The van der Waals surface area contributed by atoms with Gasteiger partial charge in [0.1, 0.15) is 6.04 Å². The van der Waals surface area contributed by atoms with E-state index in [1.165, 1.54) is 0 Å². The molecule has 1 aliphatic rings. The van der Waals surface area contributed by atoms with E-state index in [2.05, 4.69) is 24.5 Å². The van der Waals surface area contributed by atoms with Crippen molar-refractivity contribution < 1.29 is 19.5 Å². The Morgan fingerprint density at radius 2 is 2.00 bits per heavy atom. The monoisotopic (exact) mass is 299 g/mol. The number of carbonyl (C=O) groups is 3. The van der Waals surface area contributed by atoms with Crippen LogP contribution in [0.15, 0.2) is 0 Å². The van der Waals surface area contributed by atoms with Crippen molar-refractivity contribution in [2.75, 3.05) is 0 Å². The lowest BCUT2D eigenvalue weighted by Crippen LogP contribution is -2.50. The number of urea groups is 1. The van der Waals surface area contributed by atoms with Gasteiger partial charge in [0.2, 0.25) is 5.91 Å². The summed E-state index contributed by atoms with van der Waals surface area (Å²) in [5, 5.41) is 14.3. The molecular formula is C14H25N3O4. The van der Waals surface area contributed by atoms with Crippen molar-refractivity contribution in [2.24, 2.45) is 17.6 Å². The number of carboxylic acid groups (broad SMARTS) is 1. The maximum absolute atomic E-state index is 11.9. The predicted octanol–water partition coefficient (Wildman–Crippen LogP) is 0.829. The van der Waals surface area contributed by atoms with Crippen molar-refractivity contribution in [1.29, 1.82) is 0 Å². The molecular weight excluding hydrogens is 274 g/mol. The summed E-state index contributed by atoms with van der Waals surface area (Å²) in [4.78, 5) is 33.7. The number of primary amides is 1. The van der Waals surface area contributed by atoms with E-state index in [1.807, 2.05) is 0 Å². The summed E-state index contributed by atoms with van der Waals surface area (Å²) >= 11 is 0. The second-order valence-corrected chi connectivity index (χ2v) is 5.72. The number of hydrogen-bond donors (Lipinski definition) is 4. The van der Waals surface area contributed by atoms with Crippen molar-refractivity contribution in [1.82, 2.24) is 10.6 Å². The molecule has 0 bridgehead atoms. The van der Waals surface area contributed by atoms with E-state index in [4.69, 9.17) is 10.8 Å². The predicted molar refractivity (Wildman–Crippen MR) is 77.5 cm³/mol. The SMILES string of the molecule is CCC1CCC(NC(=O)NC(CCC(N)=O)C(=O)O)C1C. The maximum atomic E-state index is 11.9. The fraction of sp³-hybridized carbons (Fsp3) is 0.786. The third kappa shape index (κ3) is 5.24. The molecule has 0 aromatic heterocycles. The van der Waals surface area contributed by atoms with Crippen LogP contribution in [0.2, 0.25) is 0 Å². The average Bonchev–Trinajstić information content (AvgIpc) is 2.75. The molecule has 1 aliphatic carbocycles. The van der Waals surface area contributed by atoms with E-state index >= 15 is 0 Å². The first-order chi connectivity index (χ1) is 9.85. The molecule has 0 heterocycles. The number of rotatable bonds is 7. The van der Waals surface area contributed by atoms with Crippen LogP contribution in [0, 0.1) is 11.8 Å². The summed E-state index contributed by atoms with van der Waals surface area (Å²) in [7, 11) is 0. The molecule has 4 atom stereocenters. The van der Waals surface area contributed by atoms with Gasteiger partial charge in [0.05, 0.1) is 0 Å². The molecule has 0 aromatic rings. The van der Waals surface area contributed by atoms with E-state index in [-0.39, 0.29) is 18.9 Å². The normalized spacial score (nSPS) is 26.1. The van der Waals surface area contributed by atoms with Crippen molar-refractivity contribution in [3.05, 3.63) is 0 Å². The number of carbonyl (C=O) groups excluding carboxylic acids is 2. The van der Waals surface area contributed by atoms with Gasteiger partial charge in [-0.25, -0.2) is 9.59 Å². The van der Waals surface area contributed by atoms with E-state index < -0.39 is 23.9 Å². The fourth-order valence-corrected chi connectivity index (χ4v) is 2.94. The molecule has 7 heteroatoms. The minimum absolute atomic E-state index is 0.00408. The summed E-state index contributed by atoms with van der Waals surface area (Å²) in [6.07, 6.45) is 2.99. The van der Waals surface area contributed by atoms with Crippen LogP contribution < -0.4 is 16.4 Å². The molecule has 4 unspecified atom stereocenters. The van der Waals surface area contributed by atoms with Gasteiger partial charge in [-0.1, -0.05) is 20.3 Å². The summed E-state index contributed by atoms with van der Waals surface area (Å²) in [5.41, 5.74) is 4.99. The van der Waals surface area contributed by atoms with Crippen molar-refractivity contribution in [3.63, 3.8) is 0 Å². The van der Waals surface area contributed by atoms with Crippen LogP contribution in [-0.2, 0) is 9.59 Å². The Bertz CT molecular complexity index is 400. The van der Waals surface area contributed by atoms with E-state index in [9.17, 15) is 14.4 Å². The first kappa shape index (κ1) is 17.3. The lowest BCUT2D eigenvalue weighted by molar-refractivity contribution is -0.139. The third-order valence-electron chi connectivity index (χ3n) is 4.35. The summed E-state index contributed by atoms with van der Waals surface area (Å²) in [6, 6.07) is -1.53. The van der Waals surface area contributed by atoms with Gasteiger partial charge in [0, 0.05) is 12.5 Å². The van der Waals surface area contributed by atoms with E-state index in [0.29, 0.717) is 11.8 Å². The Morgan fingerprint density at radius 1 is 1.33 bits per heavy atom. The van der Waals surface area contributed by atoms with Crippen molar-refractivity contribution >= 4 is 17.9 Å². The van der Waals surface area contributed by atoms with Gasteiger partial charge in [0.25, 0.3) is 0 Å². The van der Waals surface area contributed by atoms with E-state index in [0.717, 1.165) is 19.3 Å². The molecule has 5 N–H and O–H groups in total. The van der Waals surface area contributed by atoms with Crippen LogP contribution in [-0.4, -0.2) is 35.1 Å². The second kappa shape index (κ2) is 7.85. The standard InChI is InChI=1S/C14H25N3O4/c1-3-9-4-5-10(8(9)2)16-14(21)17-11(13(19)20)6-7-12(15)18/h8-11H,3-7H2,1-2H3,(H2,15,18)(H,19,20)(H2,16,17,21). The molecule has 0 aliphatic heterocycles. The molecule has 120 valence electrons. The zero-order valence-corrected chi connectivity index (χ0v) is 12.6. The van der Waals surface area contributed by atoms with Gasteiger partial charge < -0.3 is 21.5 Å². The lowest BCUT2D eigenvalue weighted by Gasteiger charge is -2.22. The molecule has 7 nitrogen and oxygen atoms in total. The highest BCUT2D eigenvalue weighted by molar-refractivity contribution is 5.83. The van der Waals surface area contributed by atoms with Crippen LogP contribution in [0.25, 0.3) is 0 Å². The molecule has 1 rings (SSSR count). The Kier molecular flexibility index (Phi) is 6.45. The molecule has 3 amide bonds. The lowest BCUT2D eigenvalue weighted by atomic mass is 9.93. The minimum Gasteiger partial charge on any atom is -0.480 e. The van der Waals surface area contributed by atoms with Gasteiger partial charge in [0.15, 0.2) is 0 Å². The van der Waals surface area contributed by atoms with Crippen molar-refractivity contribution in [2.45, 2.75) is 58.0 Å². The number of carboxylic acids is 1. The highest BCUT2D eigenvalue weighted by Gasteiger charge is 2.33. The first-order valence-electron chi connectivity index (χ1n) is 7.43. The summed E-state index contributed by atoms with van der Waals surface area (Å²) in [6.45, 7) is 4.24. The number of hydrogen-bond acceptors (Lipinski definition) is 3. The highest BCUT2D eigenvalue weighted by atomic mass is 16.4. The molecule has 21 heavy (non-hydrogen) atoms. The van der Waals surface area contributed by atoms with Crippen LogP contribution in [0.1, 0.15) is 46.0 Å². The molecule has 0 aromatic carbocycles. The van der Waals surface area contributed by atoms with Crippen LogP contribution in [0.5, 0.6) is 0 Å². The quantitative estimate of drug-likeness (QED) is 0.556. The molecule has 1 saturated carbocycles. The largest absolute Gasteiger partial charge is 0.480 e. The summed E-state index contributed by atoms with van der Waals surface area (Å²) < 4.78 is 0. The van der Waals surface area contributed by atoms with Crippen LogP contribution in [0.4, 0.5) is 4.79 Å². The Morgan fingerprint density at radius 3 is 2.48 bits per heavy atom. The van der Waals surface area contributed by atoms with Crippen LogP contribution in [0.3, 0.4) is 0 Å². The van der Waals surface area contributed by atoms with Gasteiger partial charge in [-0.05, 0) is 31.1 Å². The minimum atomic E-state index is -1.17. The molecule has 1 fully saturated rings. The number of aliphatic carboxylic acids is 1. The van der Waals surface area contributed by atoms with Gasteiger partial charge >= 0.3 is 12.0 Å². The third-order valence-corrected chi connectivity index (χ3v) is 4.35. The molecule has 0 saturated heterocycles. The Balaban J connectivity index is 2.47. The highest BCUT2D eigenvalue weighted by Crippen LogP contribution is 2.33. The van der Waals surface area contributed by atoms with Crippen LogP contribution >= 0.6 is 0 Å². The zero-order valence-electron chi connectivity index (χ0n) is 12.6. The van der Waals surface area contributed by atoms with Gasteiger partial charge in [-0.15, -0.1) is 0 Å². The maximum Gasteiger partial charge on any atom is 0.326 e. The van der Waals surface area contributed by atoms with E-state index in [1.54, 1.807) is 0 Å². The molecule has 0 spiro atoms. The zero-order chi connectivity index (χ0) is 16.0.